The van der Waals surface area contributed by atoms with E-state index >= 15 is 0 Å². The van der Waals surface area contributed by atoms with Gasteiger partial charge in [-0.3, -0.25) is 0 Å². The third-order valence-electron chi connectivity index (χ3n) is 6.76. The van der Waals surface area contributed by atoms with Gasteiger partial charge in [0.05, 0.1) is 17.7 Å². The van der Waals surface area contributed by atoms with Gasteiger partial charge in [0.25, 0.3) is 0 Å². The van der Waals surface area contributed by atoms with Gasteiger partial charge >= 0.3 is 0 Å². The fraction of sp³-hybridized carbons (Fsp3) is 0.538. The molecule has 2 aliphatic carbocycles. The van der Waals surface area contributed by atoms with Crippen LogP contribution in [0.2, 0.25) is 0 Å². The predicted octanol–water partition coefficient (Wildman–Crippen LogP) is 7.05. The highest BCUT2D eigenvalue weighted by molar-refractivity contribution is 5.33. The molecular weight excluding hydrogens is 340 g/mol. The Bertz CT molecular complexity index is 728. The molecule has 0 unspecified atom stereocenters. The molecule has 0 bridgehead atoms. The molecule has 0 atom stereocenters. The van der Waals surface area contributed by atoms with E-state index in [4.69, 9.17) is 10.5 Å². The number of hydrogen-bond donors (Lipinski definition) is 0. The van der Waals surface area contributed by atoms with Gasteiger partial charge in [-0.15, -0.1) is 0 Å². The van der Waals surface area contributed by atoms with E-state index in [0.29, 0.717) is 5.92 Å². The lowest BCUT2D eigenvalue weighted by atomic mass is 9.77. The van der Waals surface area contributed by atoms with Crippen molar-refractivity contribution in [1.82, 2.24) is 0 Å². The van der Waals surface area contributed by atoms with Crippen molar-refractivity contribution in [3.05, 3.63) is 59.7 Å². The Labute approximate surface area is 170 Å². The van der Waals surface area contributed by atoms with E-state index in [0.717, 1.165) is 29.7 Å². The molecule has 0 aliphatic heterocycles. The Hall–Kier alpha value is -2.32. The van der Waals surface area contributed by atoms with Crippen LogP contribution in [0.25, 0.3) is 0 Å². The normalized spacial score (nSPS) is 28.2. The maximum Gasteiger partial charge on any atom is 0.0991 e. The fourth-order valence-electron chi connectivity index (χ4n) is 4.93. The maximum absolute atomic E-state index is 8.94. The molecular formula is C26H32N2. The second-order valence-corrected chi connectivity index (χ2v) is 8.62. The summed E-state index contributed by atoms with van der Waals surface area (Å²) in [6.45, 7) is 0. The van der Waals surface area contributed by atoms with E-state index in [1.54, 1.807) is 6.08 Å². The summed E-state index contributed by atoms with van der Waals surface area (Å²) >= 11 is 0. The molecule has 146 valence electrons. The smallest absolute Gasteiger partial charge is 0.0991 e. The van der Waals surface area contributed by atoms with Gasteiger partial charge in [-0.2, -0.15) is 10.5 Å². The number of nitriles is 2. The van der Waals surface area contributed by atoms with E-state index < -0.39 is 0 Å². The number of allylic oxidation sites excluding steroid dienone is 4. The maximum atomic E-state index is 8.94. The summed E-state index contributed by atoms with van der Waals surface area (Å²) in [5.41, 5.74) is 2.16. The van der Waals surface area contributed by atoms with E-state index in [9.17, 15) is 0 Å². The Balaban J connectivity index is 1.37. The first-order valence-corrected chi connectivity index (χ1v) is 11.0. The number of hydrogen-bond acceptors (Lipinski definition) is 2. The zero-order chi connectivity index (χ0) is 19.6. The van der Waals surface area contributed by atoms with Crippen LogP contribution < -0.4 is 0 Å². The SMILES string of the molecule is N#CC=CCC[C@H]1CC[C@H](/C=C/[C@H]2CC[C@H](c3ccc(C#N)cc3)CC2)CC1. The minimum absolute atomic E-state index is 0.669. The Morgan fingerprint density at radius 2 is 1.43 bits per heavy atom. The third kappa shape index (κ3) is 6.10. The summed E-state index contributed by atoms with van der Waals surface area (Å²) in [6.07, 6.45) is 21.5. The molecule has 28 heavy (non-hydrogen) atoms. The van der Waals surface area contributed by atoms with Crippen molar-refractivity contribution in [3.63, 3.8) is 0 Å². The average Bonchev–Trinajstić information content (AvgIpc) is 2.76. The Morgan fingerprint density at radius 1 is 0.821 bits per heavy atom. The molecule has 0 N–H and O–H groups in total. The summed E-state index contributed by atoms with van der Waals surface area (Å²) in [6, 6.07) is 12.5. The molecule has 0 aromatic heterocycles. The number of benzene rings is 1. The van der Waals surface area contributed by atoms with Gasteiger partial charge in [0, 0.05) is 6.08 Å². The second-order valence-electron chi connectivity index (χ2n) is 8.62. The number of rotatable bonds is 6. The molecule has 1 aromatic carbocycles. The van der Waals surface area contributed by atoms with Gasteiger partial charge in [-0.05, 0) is 106 Å². The predicted molar refractivity (Wildman–Crippen MR) is 114 cm³/mol. The molecule has 2 heteroatoms. The van der Waals surface area contributed by atoms with Gasteiger partial charge in [0.15, 0.2) is 0 Å². The van der Waals surface area contributed by atoms with Crippen molar-refractivity contribution >= 4 is 0 Å². The summed E-state index contributed by atoms with van der Waals surface area (Å²) in [5, 5.41) is 17.5. The number of nitrogens with zero attached hydrogens (tertiary/aromatic N) is 2. The minimum Gasteiger partial charge on any atom is -0.193 e. The first-order chi connectivity index (χ1) is 13.8. The van der Waals surface area contributed by atoms with E-state index in [-0.39, 0.29) is 0 Å². The van der Waals surface area contributed by atoms with E-state index in [1.807, 2.05) is 18.2 Å². The van der Waals surface area contributed by atoms with Crippen LogP contribution in [0, 0.1) is 40.4 Å². The summed E-state index contributed by atoms with van der Waals surface area (Å²) in [4.78, 5) is 0. The van der Waals surface area contributed by atoms with Crippen molar-refractivity contribution in [3.8, 4) is 12.1 Å². The molecule has 0 heterocycles. The summed E-state index contributed by atoms with van der Waals surface area (Å²) in [7, 11) is 0. The quantitative estimate of drug-likeness (QED) is 0.396. The van der Waals surface area contributed by atoms with Gasteiger partial charge in [-0.25, -0.2) is 0 Å². The van der Waals surface area contributed by atoms with Gasteiger partial charge < -0.3 is 0 Å². The Morgan fingerprint density at radius 3 is 2.00 bits per heavy atom. The van der Waals surface area contributed by atoms with Gasteiger partial charge in [0.1, 0.15) is 0 Å². The van der Waals surface area contributed by atoms with Crippen LogP contribution in [0.1, 0.15) is 81.3 Å². The Kier molecular flexibility index (Phi) is 7.93. The van der Waals surface area contributed by atoms with Gasteiger partial charge in [0.2, 0.25) is 0 Å². The first kappa shape index (κ1) is 20.4. The highest BCUT2D eigenvalue weighted by Crippen LogP contribution is 2.37. The van der Waals surface area contributed by atoms with Crippen LogP contribution in [-0.2, 0) is 0 Å². The molecule has 2 aliphatic rings. The van der Waals surface area contributed by atoms with Crippen LogP contribution in [-0.4, -0.2) is 0 Å². The topological polar surface area (TPSA) is 47.6 Å². The second kappa shape index (κ2) is 10.9. The molecule has 0 spiro atoms. The van der Waals surface area contributed by atoms with Crippen molar-refractivity contribution in [2.45, 2.75) is 70.1 Å². The van der Waals surface area contributed by atoms with Crippen molar-refractivity contribution < 1.29 is 0 Å². The van der Waals surface area contributed by atoms with Crippen molar-refractivity contribution in [2.75, 3.05) is 0 Å². The lowest BCUT2D eigenvalue weighted by Gasteiger charge is -2.29. The van der Waals surface area contributed by atoms with Gasteiger partial charge in [-0.1, -0.05) is 30.4 Å². The molecule has 2 nitrogen and oxygen atoms in total. The molecule has 2 fully saturated rings. The first-order valence-electron chi connectivity index (χ1n) is 11.0. The van der Waals surface area contributed by atoms with Crippen molar-refractivity contribution in [1.29, 1.82) is 10.5 Å². The lowest BCUT2D eigenvalue weighted by Crippen LogP contribution is -2.14. The van der Waals surface area contributed by atoms with Crippen LogP contribution in [0.15, 0.2) is 48.6 Å². The summed E-state index contributed by atoms with van der Waals surface area (Å²) < 4.78 is 0. The molecule has 0 saturated heterocycles. The lowest BCUT2D eigenvalue weighted by molar-refractivity contribution is 0.295. The van der Waals surface area contributed by atoms with Crippen LogP contribution in [0.4, 0.5) is 0 Å². The van der Waals surface area contributed by atoms with Crippen LogP contribution >= 0.6 is 0 Å². The molecule has 1 aromatic rings. The molecule has 3 rings (SSSR count). The van der Waals surface area contributed by atoms with E-state index in [1.165, 1.54) is 63.4 Å². The zero-order valence-electron chi connectivity index (χ0n) is 16.9. The standard InChI is InChI=1S/C26H32N2/c27-19-3-1-2-4-21-5-7-22(8-6-21)9-10-23-11-15-25(16-12-23)26-17-13-24(20-28)14-18-26/h1,3,9-10,13-14,17-18,21-23,25H,2,4-8,11-12,15-16H2/b3-1?,10-9+/t21-,22-,23-,25-. The van der Waals surface area contributed by atoms with Crippen molar-refractivity contribution in [2.24, 2.45) is 17.8 Å². The highest BCUT2D eigenvalue weighted by Gasteiger charge is 2.22. The monoisotopic (exact) mass is 372 g/mol. The molecule has 0 radical (unpaired) electrons. The fourth-order valence-corrected chi connectivity index (χ4v) is 4.93. The summed E-state index contributed by atoms with van der Waals surface area (Å²) in [5.74, 6) is 3.06. The van der Waals surface area contributed by atoms with E-state index in [2.05, 4.69) is 36.4 Å². The zero-order valence-corrected chi connectivity index (χ0v) is 16.9. The largest absolute Gasteiger partial charge is 0.193 e. The van der Waals surface area contributed by atoms with Crippen LogP contribution in [0.5, 0.6) is 0 Å². The minimum atomic E-state index is 0.669. The average molecular weight is 373 g/mol. The van der Waals surface area contributed by atoms with Crippen LogP contribution in [0.3, 0.4) is 0 Å². The molecule has 2 saturated carbocycles. The highest BCUT2D eigenvalue weighted by atomic mass is 14.3. The third-order valence-corrected chi connectivity index (χ3v) is 6.76. The molecule has 0 amide bonds.